The first kappa shape index (κ1) is 15.8. The third-order valence-electron chi connectivity index (χ3n) is 2.60. The Morgan fingerprint density at radius 3 is 2.50 bits per heavy atom. The first-order valence-corrected chi connectivity index (χ1v) is 6.47. The van der Waals surface area contributed by atoms with E-state index in [9.17, 15) is 4.79 Å². The van der Waals surface area contributed by atoms with Gasteiger partial charge >= 0.3 is 0 Å². The molecule has 0 N–H and O–H groups in total. The maximum atomic E-state index is 12.6. The Bertz CT molecular complexity index is 555. The molecule has 4 heteroatoms. The number of rotatable bonds is 5. The molecular formula is C16H21N3O. The Labute approximate surface area is 120 Å². The lowest BCUT2D eigenvalue weighted by Gasteiger charge is -2.18. The van der Waals surface area contributed by atoms with Gasteiger partial charge in [-0.15, -0.1) is 0 Å². The van der Waals surface area contributed by atoms with Crippen LogP contribution in [0.3, 0.4) is 0 Å². The third kappa shape index (κ3) is 4.16. The van der Waals surface area contributed by atoms with Gasteiger partial charge in [-0.3, -0.25) is 4.79 Å². The van der Waals surface area contributed by atoms with Gasteiger partial charge in [0, 0.05) is 5.41 Å². The number of ketones is 1. The molecule has 0 bridgehead atoms. The number of nitrogens with zero attached hydrogens (tertiary/aromatic N) is 3. The number of allylic oxidation sites excluding steroid dienone is 7. The van der Waals surface area contributed by atoms with Crippen LogP contribution in [0, 0.1) is 5.41 Å². The van der Waals surface area contributed by atoms with Crippen molar-refractivity contribution in [1.29, 1.82) is 0 Å². The fourth-order valence-electron chi connectivity index (χ4n) is 1.49. The van der Waals surface area contributed by atoms with Crippen molar-refractivity contribution in [2.45, 2.75) is 27.7 Å². The monoisotopic (exact) mass is 271 g/mol. The van der Waals surface area contributed by atoms with Crippen LogP contribution in [0.25, 0.3) is 5.70 Å². The van der Waals surface area contributed by atoms with E-state index in [-0.39, 0.29) is 5.78 Å². The van der Waals surface area contributed by atoms with Crippen LogP contribution in [0.15, 0.2) is 55.2 Å². The zero-order valence-corrected chi connectivity index (χ0v) is 12.5. The molecule has 0 saturated heterocycles. The maximum Gasteiger partial charge on any atom is 0.186 e. The van der Waals surface area contributed by atoms with Gasteiger partial charge < -0.3 is 0 Å². The molecule has 1 heterocycles. The average Bonchev–Trinajstić information content (AvgIpc) is 2.91. The first-order chi connectivity index (χ1) is 9.40. The van der Waals surface area contributed by atoms with Crippen molar-refractivity contribution in [3.8, 4) is 0 Å². The second-order valence-corrected chi connectivity index (χ2v) is 5.35. The lowest BCUT2D eigenvalue weighted by molar-refractivity contribution is -0.120. The van der Waals surface area contributed by atoms with Crippen LogP contribution in [0.5, 0.6) is 0 Å². The van der Waals surface area contributed by atoms with Crippen LogP contribution in [-0.2, 0) is 4.79 Å². The van der Waals surface area contributed by atoms with Crippen LogP contribution in [0.4, 0.5) is 0 Å². The van der Waals surface area contributed by atoms with E-state index in [4.69, 9.17) is 0 Å². The van der Waals surface area contributed by atoms with E-state index in [1.807, 2.05) is 45.9 Å². The summed E-state index contributed by atoms with van der Waals surface area (Å²) in [6.45, 7) is 11.3. The molecule has 20 heavy (non-hydrogen) atoms. The Kier molecular flexibility index (Phi) is 5.38. The van der Waals surface area contributed by atoms with Gasteiger partial charge in [-0.1, -0.05) is 51.7 Å². The molecule has 0 saturated carbocycles. The fourth-order valence-corrected chi connectivity index (χ4v) is 1.49. The Morgan fingerprint density at radius 2 is 2.05 bits per heavy atom. The average molecular weight is 271 g/mol. The van der Waals surface area contributed by atoms with Crippen molar-refractivity contribution in [3.63, 3.8) is 0 Å². The van der Waals surface area contributed by atoms with Crippen molar-refractivity contribution >= 4 is 11.5 Å². The molecule has 1 rings (SSSR count). The second-order valence-electron chi connectivity index (χ2n) is 5.35. The molecule has 1 aromatic rings. The van der Waals surface area contributed by atoms with E-state index in [1.165, 1.54) is 17.3 Å². The third-order valence-corrected chi connectivity index (χ3v) is 2.60. The molecule has 0 aromatic carbocycles. The summed E-state index contributed by atoms with van der Waals surface area (Å²) in [4.78, 5) is 16.5. The second kappa shape index (κ2) is 6.80. The summed E-state index contributed by atoms with van der Waals surface area (Å²) in [6, 6.07) is 0. The van der Waals surface area contributed by atoms with Gasteiger partial charge in [-0.2, -0.15) is 5.10 Å². The minimum absolute atomic E-state index is 0.00349. The van der Waals surface area contributed by atoms with Crippen molar-refractivity contribution in [1.82, 2.24) is 14.8 Å². The van der Waals surface area contributed by atoms with Gasteiger partial charge in [0.2, 0.25) is 0 Å². The number of Topliss-reactive ketones (excluding diaryl/α,β-unsaturated/α-hetero) is 1. The Morgan fingerprint density at radius 1 is 1.35 bits per heavy atom. The van der Waals surface area contributed by atoms with Gasteiger partial charge in [0.15, 0.2) is 5.78 Å². The van der Waals surface area contributed by atoms with Crippen molar-refractivity contribution in [2.24, 2.45) is 5.41 Å². The van der Waals surface area contributed by atoms with Crippen LogP contribution in [0.1, 0.15) is 27.7 Å². The summed E-state index contributed by atoms with van der Waals surface area (Å²) < 4.78 is 1.49. The normalized spacial score (nSPS) is 13.8. The molecule has 0 radical (unpaired) electrons. The zero-order chi connectivity index (χ0) is 15.2. The van der Waals surface area contributed by atoms with Gasteiger partial charge in [0.05, 0.1) is 0 Å². The van der Waals surface area contributed by atoms with Crippen LogP contribution in [0.2, 0.25) is 0 Å². The minimum Gasteiger partial charge on any atom is -0.292 e. The number of hydrogen-bond acceptors (Lipinski definition) is 3. The van der Waals surface area contributed by atoms with E-state index >= 15 is 0 Å². The summed E-state index contributed by atoms with van der Waals surface area (Å²) >= 11 is 0. The zero-order valence-electron chi connectivity index (χ0n) is 12.5. The molecule has 106 valence electrons. The topological polar surface area (TPSA) is 47.8 Å². The van der Waals surface area contributed by atoms with Gasteiger partial charge in [-0.25, -0.2) is 9.67 Å². The molecule has 0 unspecified atom stereocenters. The highest BCUT2D eigenvalue weighted by Gasteiger charge is 2.26. The van der Waals surface area contributed by atoms with Crippen LogP contribution < -0.4 is 0 Å². The molecule has 0 aliphatic rings. The number of carbonyl (C=O) groups is 1. The van der Waals surface area contributed by atoms with E-state index in [2.05, 4.69) is 16.7 Å². The van der Waals surface area contributed by atoms with Crippen LogP contribution in [-0.4, -0.2) is 20.5 Å². The summed E-state index contributed by atoms with van der Waals surface area (Å²) in [5.74, 6) is -0.00349. The summed E-state index contributed by atoms with van der Waals surface area (Å²) in [6.07, 6.45) is 12.1. The molecule has 0 aliphatic heterocycles. The quantitative estimate of drug-likeness (QED) is 0.609. The largest absolute Gasteiger partial charge is 0.292 e. The van der Waals surface area contributed by atoms with Crippen molar-refractivity contribution in [2.75, 3.05) is 0 Å². The number of carbonyl (C=O) groups excluding carboxylic acids is 1. The van der Waals surface area contributed by atoms with Crippen LogP contribution >= 0.6 is 0 Å². The highest BCUT2D eigenvalue weighted by atomic mass is 16.1. The summed E-state index contributed by atoms with van der Waals surface area (Å²) in [5, 5.41) is 4.06. The fraction of sp³-hybridized carbons (Fsp3) is 0.312. The molecule has 0 fully saturated rings. The number of aromatic nitrogens is 3. The predicted octanol–water partition coefficient (Wildman–Crippen LogP) is 3.42. The lowest BCUT2D eigenvalue weighted by Crippen LogP contribution is -2.24. The van der Waals surface area contributed by atoms with E-state index in [0.717, 1.165) is 5.57 Å². The van der Waals surface area contributed by atoms with Crippen molar-refractivity contribution < 1.29 is 4.79 Å². The molecule has 0 amide bonds. The standard InChI is InChI=1S/C16H21N3O/c1-6-8-9-13(7-2)10-14(15(20)16(3,4)5)19-12-17-11-18-19/h6-12H,2H2,1,3-5H3/b8-6-,13-9+,14-10+. The maximum absolute atomic E-state index is 12.6. The Balaban J connectivity index is 3.32. The molecule has 1 aromatic heterocycles. The molecule has 4 nitrogen and oxygen atoms in total. The van der Waals surface area contributed by atoms with E-state index in [1.54, 1.807) is 12.2 Å². The lowest BCUT2D eigenvalue weighted by atomic mass is 9.88. The summed E-state index contributed by atoms with van der Waals surface area (Å²) in [5.41, 5.74) is 0.821. The van der Waals surface area contributed by atoms with E-state index < -0.39 is 5.41 Å². The van der Waals surface area contributed by atoms with Crippen molar-refractivity contribution in [3.05, 3.63) is 55.2 Å². The number of hydrogen-bond donors (Lipinski definition) is 0. The molecule has 0 spiro atoms. The van der Waals surface area contributed by atoms with Gasteiger partial charge in [0.1, 0.15) is 18.4 Å². The minimum atomic E-state index is -0.495. The molecule has 0 atom stereocenters. The van der Waals surface area contributed by atoms with Gasteiger partial charge in [-0.05, 0) is 18.6 Å². The molecular weight excluding hydrogens is 250 g/mol. The SMILES string of the molecule is C=CC(=C\C=C/C)/C=C(\C(=O)C(C)(C)C)n1cncn1. The van der Waals surface area contributed by atoms with Gasteiger partial charge in [0.25, 0.3) is 0 Å². The highest BCUT2D eigenvalue weighted by molar-refractivity contribution is 6.17. The highest BCUT2D eigenvalue weighted by Crippen LogP contribution is 2.23. The Hall–Kier alpha value is -2.23. The molecule has 0 aliphatic carbocycles. The smallest absolute Gasteiger partial charge is 0.186 e. The summed E-state index contributed by atoms with van der Waals surface area (Å²) in [7, 11) is 0. The predicted molar refractivity (Wildman–Crippen MR) is 81.9 cm³/mol. The van der Waals surface area contributed by atoms with E-state index in [0.29, 0.717) is 5.70 Å². The first-order valence-electron chi connectivity index (χ1n) is 6.47.